The van der Waals surface area contributed by atoms with Gasteiger partial charge < -0.3 is 10.6 Å². The van der Waals surface area contributed by atoms with Crippen LogP contribution in [0.15, 0.2) is 24.3 Å². The number of anilines is 3. The zero-order valence-corrected chi connectivity index (χ0v) is 16.8. The number of rotatable bonds is 6. The maximum atomic E-state index is 14.0. The van der Waals surface area contributed by atoms with Gasteiger partial charge in [0, 0.05) is 30.5 Å². The van der Waals surface area contributed by atoms with Crippen LogP contribution in [-0.2, 0) is 0 Å². The normalized spacial score (nSPS) is 14.4. The van der Waals surface area contributed by atoms with Gasteiger partial charge in [0.25, 0.3) is 0 Å². The number of carbonyl (C=O) groups is 1. The number of hydrogen-bond acceptors (Lipinski definition) is 7. The van der Waals surface area contributed by atoms with Crippen LogP contribution in [0.4, 0.5) is 26.5 Å². The average Bonchev–Trinajstić information content (AvgIpc) is 3.41. The second-order valence-corrected chi connectivity index (χ2v) is 7.35. The lowest BCUT2D eigenvalue weighted by Gasteiger charge is -2.15. The van der Waals surface area contributed by atoms with E-state index in [1.807, 2.05) is 6.07 Å². The molecule has 2 aromatic heterocycles. The molecule has 0 radical (unpaired) electrons. The molecule has 0 aliphatic heterocycles. The van der Waals surface area contributed by atoms with E-state index in [0.29, 0.717) is 23.1 Å². The topological polar surface area (TPSA) is 97.6 Å². The molecule has 4 rings (SSSR count). The van der Waals surface area contributed by atoms with Crippen molar-refractivity contribution in [2.45, 2.75) is 45.6 Å². The monoisotopic (exact) mass is 413 g/mol. The first-order chi connectivity index (χ1) is 14.3. The maximum Gasteiger partial charge on any atom is 0.244 e. The molecular formula is C20H21F2N7O. The SMILES string of the molecule is CC(=O)n1nc(Nc2nc(C)nc(NC(C)c3ccc(F)cc3F)n2)cc1C1CC1. The standard InChI is InChI=1S/C20H21F2N7O/c1-10(15-7-6-14(21)8-16(15)22)23-19-24-11(2)25-20(27-19)26-18-9-17(13-4-5-13)29(28-18)12(3)30/h6-10,13H,4-5H2,1-3H3,(H2,23,24,25,26,27,28). The molecule has 1 aliphatic carbocycles. The first-order valence-electron chi connectivity index (χ1n) is 9.62. The summed E-state index contributed by atoms with van der Waals surface area (Å²) >= 11 is 0. The first-order valence-corrected chi connectivity index (χ1v) is 9.62. The van der Waals surface area contributed by atoms with E-state index in [0.717, 1.165) is 24.6 Å². The Morgan fingerprint density at radius 2 is 1.90 bits per heavy atom. The van der Waals surface area contributed by atoms with Crippen molar-refractivity contribution >= 4 is 23.6 Å². The number of carbonyl (C=O) groups excluding carboxylic acids is 1. The number of hydrogen-bond donors (Lipinski definition) is 2. The van der Waals surface area contributed by atoms with Crippen LogP contribution >= 0.6 is 0 Å². The second-order valence-electron chi connectivity index (χ2n) is 7.35. The molecule has 0 saturated heterocycles. The molecule has 1 fully saturated rings. The van der Waals surface area contributed by atoms with E-state index >= 15 is 0 Å². The highest BCUT2D eigenvalue weighted by Crippen LogP contribution is 2.41. The van der Waals surface area contributed by atoms with Crippen molar-refractivity contribution in [2.24, 2.45) is 0 Å². The van der Waals surface area contributed by atoms with Crippen molar-refractivity contribution < 1.29 is 13.6 Å². The van der Waals surface area contributed by atoms with E-state index in [2.05, 4.69) is 30.7 Å². The lowest BCUT2D eigenvalue weighted by atomic mass is 10.1. The summed E-state index contributed by atoms with van der Waals surface area (Å²) in [6.45, 7) is 4.89. The fraction of sp³-hybridized carbons (Fsp3) is 0.350. The van der Waals surface area contributed by atoms with Gasteiger partial charge >= 0.3 is 0 Å². The van der Waals surface area contributed by atoms with Crippen molar-refractivity contribution in [1.29, 1.82) is 0 Å². The lowest BCUT2D eigenvalue weighted by Crippen LogP contribution is -2.13. The number of aromatic nitrogens is 5. The van der Waals surface area contributed by atoms with E-state index in [1.54, 1.807) is 13.8 Å². The Bertz CT molecular complexity index is 1110. The average molecular weight is 413 g/mol. The Morgan fingerprint density at radius 1 is 1.17 bits per heavy atom. The molecule has 0 amide bonds. The fourth-order valence-corrected chi connectivity index (χ4v) is 3.22. The van der Waals surface area contributed by atoms with Crippen LogP contribution in [0.2, 0.25) is 0 Å². The van der Waals surface area contributed by atoms with E-state index < -0.39 is 17.7 Å². The highest BCUT2D eigenvalue weighted by molar-refractivity contribution is 5.77. The Balaban J connectivity index is 1.55. The van der Waals surface area contributed by atoms with Crippen LogP contribution in [0, 0.1) is 18.6 Å². The summed E-state index contributed by atoms with van der Waals surface area (Å²) in [7, 11) is 0. The van der Waals surface area contributed by atoms with Gasteiger partial charge in [-0.1, -0.05) is 6.07 Å². The minimum atomic E-state index is -0.651. The summed E-state index contributed by atoms with van der Waals surface area (Å²) in [6, 6.07) is 4.73. The maximum absolute atomic E-state index is 14.0. The van der Waals surface area contributed by atoms with Gasteiger partial charge in [-0.05, 0) is 32.8 Å². The van der Waals surface area contributed by atoms with Crippen molar-refractivity contribution in [3.05, 3.63) is 53.0 Å². The molecule has 156 valence electrons. The zero-order valence-electron chi connectivity index (χ0n) is 16.8. The van der Waals surface area contributed by atoms with Gasteiger partial charge in [0.05, 0.1) is 11.7 Å². The molecule has 1 saturated carbocycles. The molecule has 10 heteroatoms. The predicted molar refractivity (Wildman–Crippen MR) is 107 cm³/mol. The summed E-state index contributed by atoms with van der Waals surface area (Å²) < 4.78 is 28.6. The number of aryl methyl sites for hydroxylation is 1. The van der Waals surface area contributed by atoms with Gasteiger partial charge in [0.2, 0.25) is 17.8 Å². The van der Waals surface area contributed by atoms with Gasteiger partial charge in [0.1, 0.15) is 17.5 Å². The van der Waals surface area contributed by atoms with Crippen LogP contribution < -0.4 is 10.6 Å². The summed E-state index contributed by atoms with van der Waals surface area (Å²) in [6.07, 6.45) is 2.07. The van der Waals surface area contributed by atoms with Gasteiger partial charge in [-0.15, -0.1) is 5.10 Å². The highest BCUT2D eigenvalue weighted by atomic mass is 19.1. The molecule has 8 nitrogen and oxygen atoms in total. The molecule has 2 heterocycles. The van der Waals surface area contributed by atoms with Gasteiger partial charge in [0.15, 0.2) is 5.82 Å². The van der Waals surface area contributed by atoms with E-state index in [1.165, 1.54) is 23.7 Å². The quantitative estimate of drug-likeness (QED) is 0.628. The van der Waals surface area contributed by atoms with Crippen LogP contribution in [0.1, 0.15) is 60.5 Å². The first kappa shape index (κ1) is 19.9. The van der Waals surface area contributed by atoms with Crippen LogP contribution in [-0.4, -0.2) is 30.6 Å². The molecule has 0 bridgehead atoms. The van der Waals surface area contributed by atoms with Crippen molar-refractivity contribution in [3.8, 4) is 0 Å². The molecule has 1 aliphatic rings. The van der Waals surface area contributed by atoms with Crippen molar-refractivity contribution in [2.75, 3.05) is 10.6 Å². The van der Waals surface area contributed by atoms with E-state index in [9.17, 15) is 13.6 Å². The minimum absolute atomic E-state index is 0.158. The van der Waals surface area contributed by atoms with Gasteiger partial charge in [-0.2, -0.15) is 15.0 Å². The van der Waals surface area contributed by atoms with Crippen molar-refractivity contribution in [3.63, 3.8) is 0 Å². The number of benzene rings is 1. The van der Waals surface area contributed by atoms with Gasteiger partial charge in [-0.3, -0.25) is 4.79 Å². The zero-order chi connectivity index (χ0) is 21.4. The molecule has 1 unspecified atom stereocenters. The fourth-order valence-electron chi connectivity index (χ4n) is 3.22. The molecule has 1 atom stereocenters. The van der Waals surface area contributed by atoms with E-state index in [4.69, 9.17) is 0 Å². The summed E-state index contributed by atoms with van der Waals surface area (Å²) in [5.41, 5.74) is 1.16. The Hall–Kier alpha value is -3.43. The van der Waals surface area contributed by atoms with E-state index in [-0.39, 0.29) is 17.8 Å². The third kappa shape index (κ3) is 4.27. The smallest absolute Gasteiger partial charge is 0.244 e. The minimum Gasteiger partial charge on any atom is -0.347 e. The van der Waals surface area contributed by atoms with Crippen LogP contribution in [0.5, 0.6) is 0 Å². The third-order valence-electron chi connectivity index (χ3n) is 4.79. The number of halogens is 2. The Morgan fingerprint density at radius 3 is 2.57 bits per heavy atom. The van der Waals surface area contributed by atoms with Gasteiger partial charge in [-0.25, -0.2) is 13.5 Å². The Kier molecular flexibility index (Phi) is 5.15. The van der Waals surface area contributed by atoms with Crippen LogP contribution in [0.25, 0.3) is 0 Å². The molecule has 2 N–H and O–H groups in total. The summed E-state index contributed by atoms with van der Waals surface area (Å²) in [5, 5.41) is 10.3. The molecule has 30 heavy (non-hydrogen) atoms. The van der Waals surface area contributed by atoms with Crippen LogP contribution in [0.3, 0.4) is 0 Å². The summed E-state index contributed by atoms with van der Waals surface area (Å²) in [4.78, 5) is 24.6. The number of nitrogens with one attached hydrogen (secondary N) is 2. The lowest BCUT2D eigenvalue weighted by molar-refractivity contribution is 0.0918. The second kappa shape index (κ2) is 7.77. The molecule has 1 aromatic carbocycles. The third-order valence-corrected chi connectivity index (χ3v) is 4.79. The molecular weight excluding hydrogens is 392 g/mol. The largest absolute Gasteiger partial charge is 0.347 e. The Labute approximate surface area is 171 Å². The number of nitrogens with zero attached hydrogens (tertiary/aromatic N) is 5. The molecule has 3 aromatic rings. The highest BCUT2D eigenvalue weighted by Gasteiger charge is 2.29. The summed E-state index contributed by atoms with van der Waals surface area (Å²) in [5.74, 6) is 0.275. The predicted octanol–water partition coefficient (Wildman–Crippen LogP) is 4.11. The molecule has 0 spiro atoms. The van der Waals surface area contributed by atoms with Crippen molar-refractivity contribution in [1.82, 2.24) is 24.7 Å².